The lowest BCUT2D eigenvalue weighted by atomic mass is 9.47. The van der Waals surface area contributed by atoms with Gasteiger partial charge in [-0.3, -0.25) is 0 Å². The first-order chi connectivity index (χ1) is 9.21. The van der Waals surface area contributed by atoms with E-state index in [2.05, 4.69) is 19.1 Å². The molecular formula is C18H24O. The van der Waals surface area contributed by atoms with Crippen molar-refractivity contribution in [2.75, 3.05) is 0 Å². The van der Waals surface area contributed by atoms with E-state index in [4.69, 9.17) is 0 Å². The third-order valence-corrected chi connectivity index (χ3v) is 6.48. The Balaban J connectivity index is 1.90. The molecule has 0 heterocycles. The van der Waals surface area contributed by atoms with Crippen LogP contribution < -0.4 is 0 Å². The molecule has 102 valence electrons. The van der Waals surface area contributed by atoms with Gasteiger partial charge in [0.2, 0.25) is 0 Å². The van der Waals surface area contributed by atoms with E-state index in [1.807, 2.05) is 6.07 Å². The predicted molar refractivity (Wildman–Crippen MR) is 77.3 cm³/mol. The van der Waals surface area contributed by atoms with Gasteiger partial charge in [-0.1, -0.05) is 25.8 Å². The Morgan fingerprint density at radius 2 is 2.05 bits per heavy atom. The van der Waals surface area contributed by atoms with Crippen molar-refractivity contribution in [3.63, 3.8) is 0 Å². The molecule has 3 aliphatic rings. The first-order valence-corrected chi connectivity index (χ1v) is 8.03. The molecule has 1 heteroatoms. The van der Waals surface area contributed by atoms with Crippen LogP contribution in [-0.4, -0.2) is 5.11 Å². The third-order valence-electron chi connectivity index (χ3n) is 6.48. The van der Waals surface area contributed by atoms with Gasteiger partial charge < -0.3 is 5.11 Å². The standard InChI is InChI=1S/C18H24O/c1-12-7-9-18-8-3-2-4-16(18)15(12)10-13-5-6-14(19)11-17(13)18/h5-6,11-12,15-16,19H,2-4,7-10H2,1H3/t12?,15-,16-,18?/m0/s1. The summed E-state index contributed by atoms with van der Waals surface area (Å²) in [6.07, 6.45) is 9.57. The minimum atomic E-state index is 0.418. The molecule has 2 unspecified atom stereocenters. The van der Waals surface area contributed by atoms with E-state index < -0.39 is 0 Å². The van der Waals surface area contributed by atoms with Gasteiger partial charge in [0.15, 0.2) is 0 Å². The summed E-state index contributed by atoms with van der Waals surface area (Å²) in [7, 11) is 0. The monoisotopic (exact) mass is 256 g/mol. The Morgan fingerprint density at radius 3 is 2.95 bits per heavy atom. The zero-order valence-electron chi connectivity index (χ0n) is 11.9. The molecule has 2 saturated carbocycles. The fourth-order valence-electron chi connectivity index (χ4n) is 5.57. The summed E-state index contributed by atoms with van der Waals surface area (Å²) in [6.45, 7) is 2.47. The molecule has 0 aromatic heterocycles. The molecule has 1 aromatic carbocycles. The Kier molecular flexibility index (Phi) is 2.49. The molecule has 4 rings (SSSR count). The van der Waals surface area contributed by atoms with Crippen LogP contribution in [0.1, 0.15) is 56.6 Å². The summed E-state index contributed by atoms with van der Waals surface area (Å²) in [5.74, 6) is 3.14. The highest BCUT2D eigenvalue weighted by Crippen LogP contribution is 2.60. The van der Waals surface area contributed by atoms with E-state index in [1.165, 1.54) is 56.1 Å². The highest BCUT2D eigenvalue weighted by atomic mass is 16.3. The van der Waals surface area contributed by atoms with Crippen LogP contribution in [0.5, 0.6) is 5.75 Å². The molecule has 2 bridgehead atoms. The van der Waals surface area contributed by atoms with E-state index >= 15 is 0 Å². The maximum Gasteiger partial charge on any atom is 0.115 e. The normalized spacial score (nSPS) is 40.4. The molecule has 0 aliphatic heterocycles. The van der Waals surface area contributed by atoms with E-state index in [-0.39, 0.29) is 0 Å². The molecule has 4 atom stereocenters. The average Bonchev–Trinajstić information content (AvgIpc) is 2.43. The lowest BCUT2D eigenvalue weighted by Gasteiger charge is -2.57. The largest absolute Gasteiger partial charge is 0.508 e. The van der Waals surface area contributed by atoms with Gasteiger partial charge >= 0.3 is 0 Å². The minimum Gasteiger partial charge on any atom is -0.508 e. The molecule has 0 saturated heterocycles. The van der Waals surface area contributed by atoms with Gasteiger partial charge in [-0.15, -0.1) is 0 Å². The van der Waals surface area contributed by atoms with Gasteiger partial charge in [0.1, 0.15) is 5.75 Å². The first kappa shape index (κ1) is 11.8. The molecule has 19 heavy (non-hydrogen) atoms. The van der Waals surface area contributed by atoms with Crippen LogP contribution >= 0.6 is 0 Å². The fraction of sp³-hybridized carbons (Fsp3) is 0.667. The summed E-state index contributed by atoms with van der Waals surface area (Å²) in [5, 5.41) is 9.92. The Morgan fingerprint density at radius 1 is 1.16 bits per heavy atom. The van der Waals surface area contributed by atoms with Crippen molar-refractivity contribution >= 4 is 0 Å². The van der Waals surface area contributed by atoms with Crippen LogP contribution in [0.3, 0.4) is 0 Å². The number of fused-ring (bicyclic) bond motifs is 1. The zero-order chi connectivity index (χ0) is 13.0. The average molecular weight is 256 g/mol. The molecule has 1 nitrogen and oxygen atoms in total. The molecule has 0 radical (unpaired) electrons. The molecule has 2 fully saturated rings. The minimum absolute atomic E-state index is 0.418. The van der Waals surface area contributed by atoms with Crippen LogP contribution in [0.2, 0.25) is 0 Å². The topological polar surface area (TPSA) is 20.2 Å². The SMILES string of the molecule is CC1CCC23CCCC[C@H]2[C@H]1Cc1ccc(O)cc13. The van der Waals surface area contributed by atoms with Crippen LogP contribution in [0.25, 0.3) is 0 Å². The van der Waals surface area contributed by atoms with Crippen molar-refractivity contribution < 1.29 is 5.11 Å². The van der Waals surface area contributed by atoms with Crippen molar-refractivity contribution in [3.8, 4) is 5.75 Å². The summed E-state index contributed by atoms with van der Waals surface area (Å²) >= 11 is 0. The van der Waals surface area contributed by atoms with E-state index in [1.54, 1.807) is 0 Å². The molecule has 1 aromatic rings. The van der Waals surface area contributed by atoms with E-state index in [0.29, 0.717) is 11.2 Å². The quantitative estimate of drug-likeness (QED) is 0.728. The van der Waals surface area contributed by atoms with Crippen molar-refractivity contribution in [1.82, 2.24) is 0 Å². The van der Waals surface area contributed by atoms with Crippen LogP contribution in [-0.2, 0) is 11.8 Å². The van der Waals surface area contributed by atoms with Crippen LogP contribution in [0, 0.1) is 17.8 Å². The van der Waals surface area contributed by atoms with Gasteiger partial charge in [-0.05, 0) is 78.5 Å². The second kappa shape index (κ2) is 4.01. The Hall–Kier alpha value is -0.980. The maximum absolute atomic E-state index is 9.92. The first-order valence-electron chi connectivity index (χ1n) is 8.03. The van der Waals surface area contributed by atoms with E-state index in [0.717, 1.165) is 17.8 Å². The van der Waals surface area contributed by atoms with Gasteiger partial charge in [-0.25, -0.2) is 0 Å². The number of benzene rings is 1. The number of aromatic hydroxyl groups is 1. The molecule has 0 spiro atoms. The van der Waals surface area contributed by atoms with Crippen molar-refractivity contribution in [3.05, 3.63) is 29.3 Å². The van der Waals surface area contributed by atoms with Crippen LogP contribution in [0.4, 0.5) is 0 Å². The van der Waals surface area contributed by atoms with Crippen LogP contribution in [0.15, 0.2) is 18.2 Å². The summed E-state index contributed by atoms with van der Waals surface area (Å²) in [6, 6.07) is 6.18. The molecule has 0 amide bonds. The van der Waals surface area contributed by atoms with Gasteiger partial charge in [-0.2, -0.15) is 0 Å². The lowest BCUT2D eigenvalue weighted by molar-refractivity contribution is 0.0174. The Labute approximate surface area is 116 Å². The smallest absolute Gasteiger partial charge is 0.115 e. The summed E-state index contributed by atoms with van der Waals surface area (Å²) < 4.78 is 0. The molecule has 3 aliphatic carbocycles. The van der Waals surface area contributed by atoms with Crippen molar-refractivity contribution in [2.45, 2.75) is 57.3 Å². The van der Waals surface area contributed by atoms with Gasteiger partial charge in [0, 0.05) is 0 Å². The lowest BCUT2D eigenvalue weighted by Crippen LogP contribution is -2.51. The number of phenolic OH excluding ortho intramolecular Hbond substituents is 1. The molecular weight excluding hydrogens is 232 g/mol. The Bertz CT molecular complexity index is 506. The summed E-state index contributed by atoms with van der Waals surface area (Å²) in [5.41, 5.74) is 3.47. The maximum atomic E-state index is 9.92. The van der Waals surface area contributed by atoms with Gasteiger partial charge in [0.25, 0.3) is 0 Å². The second-order valence-corrected chi connectivity index (χ2v) is 7.23. The highest BCUT2D eigenvalue weighted by molar-refractivity contribution is 5.44. The van der Waals surface area contributed by atoms with Crippen molar-refractivity contribution in [2.24, 2.45) is 17.8 Å². The second-order valence-electron chi connectivity index (χ2n) is 7.23. The number of hydrogen-bond donors (Lipinski definition) is 1. The third kappa shape index (κ3) is 1.53. The van der Waals surface area contributed by atoms with E-state index in [9.17, 15) is 5.11 Å². The zero-order valence-corrected chi connectivity index (χ0v) is 11.9. The van der Waals surface area contributed by atoms with Crippen molar-refractivity contribution in [1.29, 1.82) is 0 Å². The number of hydrogen-bond acceptors (Lipinski definition) is 1. The summed E-state index contributed by atoms with van der Waals surface area (Å²) in [4.78, 5) is 0. The molecule has 1 N–H and O–H groups in total. The predicted octanol–water partition coefficient (Wildman–Crippen LogP) is 4.42. The van der Waals surface area contributed by atoms with Gasteiger partial charge in [0.05, 0.1) is 0 Å². The number of rotatable bonds is 0. The highest BCUT2D eigenvalue weighted by Gasteiger charge is 2.53. The number of phenols is 1. The fourth-order valence-corrected chi connectivity index (χ4v) is 5.57.